The molecule has 0 fully saturated rings. The second kappa shape index (κ2) is 7.84. The van der Waals surface area contributed by atoms with E-state index in [1.54, 1.807) is 30.8 Å². The summed E-state index contributed by atoms with van der Waals surface area (Å²) in [5.74, 6) is -0.360. The van der Waals surface area contributed by atoms with Crippen LogP contribution >= 0.6 is 0 Å². The van der Waals surface area contributed by atoms with Gasteiger partial charge >= 0.3 is 0 Å². The number of benzene rings is 1. The van der Waals surface area contributed by atoms with Crippen molar-refractivity contribution in [2.75, 3.05) is 0 Å². The number of hydrogen-bond acceptors (Lipinski definition) is 4. The summed E-state index contributed by atoms with van der Waals surface area (Å²) in [4.78, 5) is 0.164. The Labute approximate surface area is 164 Å². The zero-order chi connectivity index (χ0) is 20.5. The largest absolute Gasteiger partial charge is 0.274 e. The van der Waals surface area contributed by atoms with Gasteiger partial charge in [0.15, 0.2) is 0 Å². The third-order valence-electron chi connectivity index (χ3n) is 4.58. The van der Waals surface area contributed by atoms with Crippen LogP contribution in [0.15, 0.2) is 41.6 Å². The van der Waals surface area contributed by atoms with Gasteiger partial charge in [0.25, 0.3) is 0 Å². The van der Waals surface area contributed by atoms with Gasteiger partial charge < -0.3 is 0 Å². The number of hydrogen-bond donors (Lipinski definition) is 0. The number of aryl methyl sites for hydroxylation is 4. The SMILES string of the molecule is CCn1cc(CN(Cc2ccc(F)cc2)S(=O)(=O)c2cn(C)nc2C)c(C)n1. The van der Waals surface area contributed by atoms with Gasteiger partial charge in [-0.2, -0.15) is 14.5 Å². The molecule has 0 radical (unpaired) electrons. The van der Waals surface area contributed by atoms with E-state index in [-0.39, 0.29) is 23.8 Å². The van der Waals surface area contributed by atoms with Crippen LogP contribution in [0.25, 0.3) is 0 Å². The van der Waals surface area contributed by atoms with Crippen molar-refractivity contribution in [2.45, 2.75) is 45.3 Å². The summed E-state index contributed by atoms with van der Waals surface area (Å²) in [6.07, 6.45) is 3.36. The first-order valence-electron chi connectivity index (χ1n) is 8.98. The van der Waals surface area contributed by atoms with E-state index in [9.17, 15) is 12.8 Å². The minimum absolute atomic E-state index is 0.119. The van der Waals surface area contributed by atoms with E-state index in [1.165, 1.54) is 27.3 Å². The molecule has 3 aromatic rings. The first kappa shape index (κ1) is 20.2. The van der Waals surface area contributed by atoms with Crippen molar-refractivity contribution in [3.8, 4) is 0 Å². The van der Waals surface area contributed by atoms with Crippen molar-refractivity contribution < 1.29 is 12.8 Å². The standard InChI is InChI=1S/C19H24FN5O2S/c1-5-24-11-17(14(2)22-24)12-25(10-16-6-8-18(20)9-7-16)28(26,27)19-13-23(4)21-15(19)3/h6-9,11,13H,5,10,12H2,1-4H3. The maximum absolute atomic E-state index is 13.4. The Morgan fingerprint density at radius 3 is 2.25 bits per heavy atom. The summed E-state index contributed by atoms with van der Waals surface area (Å²) in [5.41, 5.74) is 2.75. The Balaban J connectivity index is 2.01. The topological polar surface area (TPSA) is 73.0 Å². The third-order valence-corrected chi connectivity index (χ3v) is 6.47. The molecule has 9 heteroatoms. The van der Waals surface area contributed by atoms with Gasteiger partial charge in [0.05, 0.1) is 11.4 Å². The van der Waals surface area contributed by atoms with Crippen molar-refractivity contribution in [1.29, 1.82) is 0 Å². The van der Waals surface area contributed by atoms with Crippen LogP contribution in [0, 0.1) is 19.7 Å². The molecule has 3 rings (SSSR count). The molecule has 0 amide bonds. The van der Waals surface area contributed by atoms with Crippen LogP contribution in [-0.2, 0) is 36.7 Å². The Morgan fingerprint density at radius 1 is 1.04 bits per heavy atom. The molecular formula is C19H24FN5O2S. The minimum Gasteiger partial charge on any atom is -0.274 e. The quantitative estimate of drug-likeness (QED) is 0.606. The smallest absolute Gasteiger partial charge is 0.247 e. The van der Waals surface area contributed by atoms with Gasteiger partial charge in [-0.3, -0.25) is 9.36 Å². The van der Waals surface area contributed by atoms with Crippen LogP contribution < -0.4 is 0 Å². The van der Waals surface area contributed by atoms with Gasteiger partial charge in [-0.1, -0.05) is 12.1 Å². The summed E-state index contributed by atoms with van der Waals surface area (Å²) in [7, 11) is -2.13. The zero-order valence-corrected chi connectivity index (χ0v) is 17.2. The van der Waals surface area contributed by atoms with Crippen LogP contribution in [0.2, 0.25) is 0 Å². The maximum Gasteiger partial charge on any atom is 0.247 e. The summed E-state index contributed by atoms with van der Waals surface area (Å²) in [6.45, 7) is 6.49. The summed E-state index contributed by atoms with van der Waals surface area (Å²) in [6, 6.07) is 5.85. The first-order valence-corrected chi connectivity index (χ1v) is 10.4. The van der Waals surface area contributed by atoms with E-state index >= 15 is 0 Å². The van der Waals surface area contributed by atoms with Crippen LogP contribution in [0.4, 0.5) is 4.39 Å². The fourth-order valence-corrected chi connectivity index (χ4v) is 4.66. The average molecular weight is 405 g/mol. The van der Waals surface area contributed by atoms with Crippen molar-refractivity contribution in [3.63, 3.8) is 0 Å². The van der Waals surface area contributed by atoms with E-state index in [1.807, 2.05) is 20.0 Å². The molecule has 0 aliphatic rings. The number of rotatable bonds is 7. The Kier molecular flexibility index (Phi) is 5.66. The van der Waals surface area contributed by atoms with E-state index in [4.69, 9.17) is 0 Å². The Bertz CT molecular complexity index is 1070. The van der Waals surface area contributed by atoms with Crippen LogP contribution in [0.3, 0.4) is 0 Å². The highest BCUT2D eigenvalue weighted by atomic mass is 32.2. The van der Waals surface area contributed by atoms with Gasteiger partial charge in [-0.15, -0.1) is 0 Å². The first-order chi connectivity index (χ1) is 13.2. The molecular weight excluding hydrogens is 381 g/mol. The van der Waals surface area contributed by atoms with Gasteiger partial charge in [-0.25, -0.2) is 12.8 Å². The molecule has 0 atom stereocenters. The molecule has 1 aromatic carbocycles. The lowest BCUT2D eigenvalue weighted by atomic mass is 10.2. The summed E-state index contributed by atoms with van der Waals surface area (Å²) >= 11 is 0. The molecule has 150 valence electrons. The summed E-state index contributed by atoms with van der Waals surface area (Å²) < 4.78 is 44.7. The number of sulfonamides is 1. The lowest BCUT2D eigenvalue weighted by molar-refractivity contribution is 0.399. The average Bonchev–Trinajstić information content (AvgIpc) is 3.18. The van der Waals surface area contributed by atoms with Crippen LogP contribution in [0.1, 0.15) is 29.4 Å². The fourth-order valence-electron chi connectivity index (χ4n) is 3.06. The Hall–Kier alpha value is -2.52. The molecule has 0 bridgehead atoms. The molecule has 0 saturated carbocycles. The molecule has 7 nitrogen and oxygen atoms in total. The molecule has 2 aromatic heterocycles. The predicted molar refractivity (Wildman–Crippen MR) is 103 cm³/mol. The van der Waals surface area contributed by atoms with Crippen molar-refractivity contribution in [2.24, 2.45) is 7.05 Å². The second-order valence-electron chi connectivity index (χ2n) is 6.75. The van der Waals surface area contributed by atoms with Gasteiger partial charge in [0, 0.05) is 44.6 Å². The molecule has 0 unspecified atom stereocenters. The minimum atomic E-state index is -3.81. The molecule has 0 saturated heterocycles. The number of nitrogens with zero attached hydrogens (tertiary/aromatic N) is 5. The lowest BCUT2D eigenvalue weighted by Crippen LogP contribution is -2.30. The lowest BCUT2D eigenvalue weighted by Gasteiger charge is -2.22. The van der Waals surface area contributed by atoms with Crippen LogP contribution in [0.5, 0.6) is 0 Å². The van der Waals surface area contributed by atoms with E-state index in [0.29, 0.717) is 17.8 Å². The molecule has 2 heterocycles. The third kappa shape index (κ3) is 4.15. The van der Waals surface area contributed by atoms with Crippen LogP contribution in [-0.4, -0.2) is 32.3 Å². The van der Waals surface area contributed by atoms with Crippen molar-refractivity contribution in [3.05, 3.63) is 65.0 Å². The normalized spacial score (nSPS) is 12.1. The fraction of sp³-hybridized carbons (Fsp3) is 0.368. The highest BCUT2D eigenvalue weighted by Crippen LogP contribution is 2.24. The zero-order valence-electron chi connectivity index (χ0n) is 16.4. The van der Waals surface area contributed by atoms with Crippen molar-refractivity contribution >= 4 is 10.0 Å². The van der Waals surface area contributed by atoms with Gasteiger partial charge in [0.2, 0.25) is 10.0 Å². The Morgan fingerprint density at radius 2 is 1.71 bits per heavy atom. The number of halogens is 1. The second-order valence-corrected chi connectivity index (χ2v) is 8.65. The highest BCUT2D eigenvalue weighted by Gasteiger charge is 2.29. The molecule has 28 heavy (non-hydrogen) atoms. The monoisotopic (exact) mass is 405 g/mol. The highest BCUT2D eigenvalue weighted by molar-refractivity contribution is 7.89. The van der Waals surface area contributed by atoms with E-state index in [2.05, 4.69) is 10.2 Å². The molecule has 0 spiro atoms. The molecule has 0 aliphatic carbocycles. The van der Waals surface area contributed by atoms with Gasteiger partial charge in [0.1, 0.15) is 10.7 Å². The summed E-state index contributed by atoms with van der Waals surface area (Å²) in [5, 5.41) is 8.57. The van der Waals surface area contributed by atoms with Crippen molar-refractivity contribution in [1.82, 2.24) is 23.9 Å². The number of aromatic nitrogens is 4. The molecule has 0 aliphatic heterocycles. The molecule has 0 N–H and O–H groups in total. The predicted octanol–water partition coefficient (Wildman–Crippen LogP) is 2.78. The van der Waals surface area contributed by atoms with Gasteiger partial charge in [-0.05, 0) is 38.5 Å². The van der Waals surface area contributed by atoms with E-state index < -0.39 is 10.0 Å². The maximum atomic E-state index is 13.4. The van der Waals surface area contributed by atoms with E-state index in [0.717, 1.165) is 11.3 Å².